The molecule has 0 spiro atoms. The van der Waals surface area contributed by atoms with Gasteiger partial charge in [-0.1, -0.05) is 66.7 Å². The van der Waals surface area contributed by atoms with E-state index in [1.165, 1.54) is 5.56 Å². The summed E-state index contributed by atoms with van der Waals surface area (Å²) in [4.78, 5) is 14.8. The monoisotopic (exact) mass is 351 g/mol. The molecule has 0 aliphatic carbocycles. The molecule has 1 amide bonds. The van der Waals surface area contributed by atoms with Crippen LogP contribution in [0.15, 0.2) is 73.3 Å². The molecule has 2 aromatic carbocycles. The Labute approximate surface area is 157 Å². The number of rotatable bonds is 7. The smallest absolute Gasteiger partial charge is 0.410 e. The summed E-state index contributed by atoms with van der Waals surface area (Å²) in [5.41, 5.74) is 1.75. The summed E-state index contributed by atoms with van der Waals surface area (Å²) in [5, 5.41) is 0. The predicted molar refractivity (Wildman–Crippen MR) is 107 cm³/mol. The third kappa shape index (κ3) is 6.40. The summed E-state index contributed by atoms with van der Waals surface area (Å²) >= 11 is 0. The highest BCUT2D eigenvalue weighted by molar-refractivity contribution is 5.68. The van der Waals surface area contributed by atoms with E-state index in [0.29, 0.717) is 13.0 Å². The van der Waals surface area contributed by atoms with Gasteiger partial charge in [-0.25, -0.2) is 4.79 Å². The highest BCUT2D eigenvalue weighted by atomic mass is 16.6. The van der Waals surface area contributed by atoms with Crippen molar-refractivity contribution in [2.75, 3.05) is 0 Å². The predicted octanol–water partition coefficient (Wildman–Crippen LogP) is 5.61. The maximum absolute atomic E-state index is 12.9. The number of benzene rings is 2. The number of amides is 1. The molecule has 0 aromatic heterocycles. The van der Waals surface area contributed by atoms with Gasteiger partial charge in [0.15, 0.2) is 0 Å². The first-order chi connectivity index (χ1) is 12.4. The molecule has 0 unspecified atom stereocenters. The number of carbonyl (C=O) groups excluding carboxylic acids is 1. The Morgan fingerprint density at radius 1 is 1.04 bits per heavy atom. The second-order valence-electron chi connectivity index (χ2n) is 7.46. The molecule has 0 fully saturated rings. The average Bonchev–Trinajstić information content (AvgIpc) is 2.59. The summed E-state index contributed by atoms with van der Waals surface area (Å²) in [6.45, 7) is 10.1. The van der Waals surface area contributed by atoms with Crippen molar-refractivity contribution in [2.45, 2.75) is 51.8 Å². The van der Waals surface area contributed by atoms with Crippen LogP contribution in [-0.2, 0) is 17.7 Å². The van der Waals surface area contributed by atoms with E-state index in [2.05, 4.69) is 18.7 Å². The number of carbonyl (C=O) groups is 1. The summed E-state index contributed by atoms with van der Waals surface area (Å²) in [5.74, 6) is 0. The lowest BCUT2D eigenvalue weighted by Gasteiger charge is -2.33. The van der Waals surface area contributed by atoms with Crippen LogP contribution in [-0.4, -0.2) is 22.6 Å². The van der Waals surface area contributed by atoms with Gasteiger partial charge in [0, 0.05) is 12.6 Å². The van der Waals surface area contributed by atoms with Gasteiger partial charge in [0.25, 0.3) is 0 Å². The molecule has 0 aliphatic rings. The first-order valence-electron chi connectivity index (χ1n) is 9.07. The molecule has 3 heteroatoms. The van der Waals surface area contributed by atoms with Crippen LogP contribution in [0.1, 0.15) is 38.3 Å². The van der Waals surface area contributed by atoms with Gasteiger partial charge in [0.05, 0.1) is 0 Å². The zero-order chi connectivity index (χ0) is 19.0. The second-order valence-corrected chi connectivity index (χ2v) is 7.46. The lowest BCUT2D eigenvalue weighted by atomic mass is 10.0. The van der Waals surface area contributed by atoms with Crippen molar-refractivity contribution in [3.8, 4) is 0 Å². The fraction of sp³-hybridized carbons (Fsp3) is 0.348. The fourth-order valence-corrected chi connectivity index (χ4v) is 2.84. The average molecular weight is 351 g/mol. The summed E-state index contributed by atoms with van der Waals surface area (Å²) in [7, 11) is 0. The second kappa shape index (κ2) is 9.23. The lowest BCUT2D eigenvalue weighted by Crippen LogP contribution is -2.43. The molecule has 1 atom stereocenters. The van der Waals surface area contributed by atoms with Crippen molar-refractivity contribution >= 4 is 6.09 Å². The molecule has 0 heterocycles. The van der Waals surface area contributed by atoms with Crippen LogP contribution in [0.5, 0.6) is 0 Å². The molecule has 26 heavy (non-hydrogen) atoms. The van der Waals surface area contributed by atoms with Crippen molar-refractivity contribution in [1.82, 2.24) is 4.90 Å². The molecule has 0 N–H and O–H groups in total. The largest absolute Gasteiger partial charge is 0.444 e. The standard InChI is InChI=1S/C23H29NO2/c1-5-12-21(17-19-13-8-6-9-14-19)24(22(25)26-23(2,3)4)18-20-15-10-7-11-16-20/h5-11,13-16,21H,1,12,17-18H2,2-4H3/t21-/m1/s1. The highest BCUT2D eigenvalue weighted by Gasteiger charge is 2.28. The highest BCUT2D eigenvalue weighted by Crippen LogP contribution is 2.20. The summed E-state index contributed by atoms with van der Waals surface area (Å²) < 4.78 is 5.69. The van der Waals surface area contributed by atoms with Gasteiger partial charge in [-0.3, -0.25) is 0 Å². The summed E-state index contributed by atoms with van der Waals surface area (Å²) in [6.07, 6.45) is 3.06. The molecule has 0 saturated heterocycles. The van der Waals surface area contributed by atoms with Crippen LogP contribution in [0, 0.1) is 0 Å². The van der Waals surface area contributed by atoms with Crippen LogP contribution in [0.3, 0.4) is 0 Å². The van der Waals surface area contributed by atoms with E-state index in [1.807, 2.05) is 80.3 Å². The molecule has 0 radical (unpaired) electrons. The van der Waals surface area contributed by atoms with E-state index in [9.17, 15) is 4.79 Å². The van der Waals surface area contributed by atoms with Gasteiger partial charge >= 0.3 is 6.09 Å². The zero-order valence-corrected chi connectivity index (χ0v) is 16.0. The van der Waals surface area contributed by atoms with E-state index in [0.717, 1.165) is 12.0 Å². The molecule has 138 valence electrons. The maximum Gasteiger partial charge on any atom is 0.410 e. The van der Waals surface area contributed by atoms with Crippen molar-refractivity contribution in [3.05, 3.63) is 84.4 Å². The Bertz CT molecular complexity index is 689. The SMILES string of the molecule is C=CC[C@H](Cc1ccccc1)N(Cc1ccccc1)C(=O)OC(C)(C)C. The van der Waals surface area contributed by atoms with Crippen LogP contribution >= 0.6 is 0 Å². The quantitative estimate of drug-likeness (QED) is 0.607. The van der Waals surface area contributed by atoms with Gasteiger partial charge in [0.2, 0.25) is 0 Å². The van der Waals surface area contributed by atoms with Crippen LogP contribution in [0.4, 0.5) is 4.79 Å². The molecule has 2 rings (SSSR count). The molecular weight excluding hydrogens is 322 g/mol. The normalized spacial score (nSPS) is 12.3. The lowest BCUT2D eigenvalue weighted by molar-refractivity contribution is 0.0141. The number of nitrogens with zero attached hydrogens (tertiary/aromatic N) is 1. The van der Waals surface area contributed by atoms with Crippen LogP contribution < -0.4 is 0 Å². The van der Waals surface area contributed by atoms with E-state index in [-0.39, 0.29) is 12.1 Å². The molecule has 2 aromatic rings. The van der Waals surface area contributed by atoms with Crippen LogP contribution in [0.25, 0.3) is 0 Å². The Morgan fingerprint density at radius 2 is 1.58 bits per heavy atom. The maximum atomic E-state index is 12.9. The van der Waals surface area contributed by atoms with E-state index < -0.39 is 5.60 Å². The molecule has 0 bridgehead atoms. The van der Waals surface area contributed by atoms with Crippen molar-refractivity contribution in [1.29, 1.82) is 0 Å². The number of hydrogen-bond donors (Lipinski definition) is 0. The first-order valence-corrected chi connectivity index (χ1v) is 9.07. The van der Waals surface area contributed by atoms with Crippen LogP contribution in [0.2, 0.25) is 0 Å². The number of hydrogen-bond acceptors (Lipinski definition) is 2. The van der Waals surface area contributed by atoms with E-state index in [1.54, 1.807) is 0 Å². The van der Waals surface area contributed by atoms with E-state index >= 15 is 0 Å². The van der Waals surface area contributed by atoms with E-state index in [4.69, 9.17) is 4.74 Å². The van der Waals surface area contributed by atoms with Gasteiger partial charge in [-0.05, 0) is 44.7 Å². The van der Waals surface area contributed by atoms with Gasteiger partial charge < -0.3 is 9.64 Å². The Morgan fingerprint density at radius 3 is 2.08 bits per heavy atom. The molecule has 0 aliphatic heterocycles. The third-order valence-corrected chi connectivity index (χ3v) is 4.02. The van der Waals surface area contributed by atoms with Gasteiger partial charge in [-0.2, -0.15) is 0 Å². The first kappa shape index (κ1) is 19.8. The minimum atomic E-state index is -0.530. The molecule has 3 nitrogen and oxygen atoms in total. The van der Waals surface area contributed by atoms with Crippen molar-refractivity contribution in [2.24, 2.45) is 0 Å². The Kier molecular flexibility index (Phi) is 7.02. The molecular formula is C23H29NO2. The van der Waals surface area contributed by atoms with Crippen molar-refractivity contribution in [3.63, 3.8) is 0 Å². The minimum absolute atomic E-state index is 0.00930. The minimum Gasteiger partial charge on any atom is -0.444 e. The summed E-state index contributed by atoms with van der Waals surface area (Å²) in [6, 6.07) is 20.2. The van der Waals surface area contributed by atoms with Gasteiger partial charge in [0.1, 0.15) is 5.60 Å². The topological polar surface area (TPSA) is 29.5 Å². The fourth-order valence-electron chi connectivity index (χ4n) is 2.84. The van der Waals surface area contributed by atoms with Gasteiger partial charge in [-0.15, -0.1) is 6.58 Å². The van der Waals surface area contributed by atoms with Crippen molar-refractivity contribution < 1.29 is 9.53 Å². The zero-order valence-electron chi connectivity index (χ0n) is 16.0. The Hall–Kier alpha value is -2.55. The Balaban J connectivity index is 2.27. The molecule has 0 saturated carbocycles. The number of ether oxygens (including phenoxy) is 1. The third-order valence-electron chi connectivity index (χ3n) is 4.02.